The molecule has 5 nitrogen and oxygen atoms in total. The van der Waals surface area contributed by atoms with Crippen LogP contribution in [-0.4, -0.2) is 29.6 Å². The standard InChI is InChI=1S/C11H13BrN2O3/c1-7(15)6-13-10(16)11(17)14-9-4-2-8(12)3-5-9/h2-5,7,15H,6H2,1H3,(H,13,16)(H,14,17)/t7-/m1/s1. The Hall–Kier alpha value is -1.40. The summed E-state index contributed by atoms with van der Waals surface area (Å²) in [4.78, 5) is 22.7. The van der Waals surface area contributed by atoms with Gasteiger partial charge < -0.3 is 15.7 Å². The van der Waals surface area contributed by atoms with E-state index in [4.69, 9.17) is 5.11 Å². The van der Waals surface area contributed by atoms with E-state index in [-0.39, 0.29) is 6.54 Å². The second-order valence-corrected chi connectivity index (χ2v) is 4.44. The highest BCUT2D eigenvalue weighted by Gasteiger charge is 2.13. The van der Waals surface area contributed by atoms with Gasteiger partial charge in [-0.1, -0.05) is 15.9 Å². The van der Waals surface area contributed by atoms with Gasteiger partial charge in [0.1, 0.15) is 0 Å². The lowest BCUT2D eigenvalue weighted by atomic mass is 10.3. The highest BCUT2D eigenvalue weighted by Crippen LogP contribution is 2.13. The van der Waals surface area contributed by atoms with Crippen molar-refractivity contribution >= 4 is 33.4 Å². The summed E-state index contributed by atoms with van der Waals surface area (Å²) in [7, 11) is 0. The van der Waals surface area contributed by atoms with Crippen LogP contribution in [0.1, 0.15) is 6.92 Å². The number of nitrogens with one attached hydrogen (secondary N) is 2. The number of carbonyl (C=O) groups is 2. The van der Waals surface area contributed by atoms with Crippen molar-refractivity contribution in [2.45, 2.75) is 13.0 Å². The topological polar surface area (TPSA) is 78.4 Å². The maximum Gasteiger partial charge on any atom is 0.313 e. The lowest BCUT2D eigenvalue weighted by molar-refractivity contribution is -0.136. The number of halogens is 1. The molecule has 0 heterocycles. The molecule has 92 valence electrons. The van der Waals surface area contributed by atoms with Crippen molar-refractivity contribution < 1.29 is 14.7 Å². The van der Waals surface area contributed by atoms with E-state index in [2.05, 4.69) is 26.6 Å². The van der Waals surface area contributed by atoms with Gasteiger partial charge in [0, 0.05) is 16.7 Å². The van der Waals surface area contributed by atoms with Gasteiger partial charge in [0.05, 0.1) is 6.10 Å². The number of benzene rings is 1. The van der Waals surface area contributed by atoms with Crippen molar-refractivity contribution in [2.75, 3.05) is 11.9 Å². The largest absolute Gasteiger partial charge is 0.392 e. The molecule has 0 radical (unpaired) electrons. The summed E-state index contributed by atoms with van der Waals surface area (Å²) in [6, 6.07) is 6.85. The number of carbonyl (C=O) groups excluding carboxylic acids is 2. The molecule has 0 spiro atoms. The molecule has 3 N–H and O–H groups in total. The first-order chi connectivity index (χ1) is 7.99. The molecular weight excluding hydrogens is 288 g/mol. The lowest BCUT2D eigenvalue weighted by Crippen LogP contribution is -2.38. The molecule has 0 saturated heterocycles. The second kappa shape index (κ2) is 6.36. The molecule has 6 heteroatoms. The Balaban J connectivity index is 2.48. The maximum atomic E-state index is 11.4. The lowest BCUT2D eigenvalue weighted by Gasteiger charge is -2.07. The van der Waals surface area contributed by atoms with Crippen molar-refractivity contribution in [3.05, 3.63) is 28.7 Å². The van der Waals surface area contributed by atoms with Crippen LogP contribution in [-0.2, 0) is 9.59 Å². The molecule has 1 aromatic carbocycles. The van der Waals surface area contributed by atoms with E-state index in [0.29, 0.717) is 5.69 Å². The Morgan fingerprint density at radius 1 is 1.29 bits per heavy atom. The molecule has 0 aromatic heterocycles. The van der Waals surface area contributed by atoms with Gasteiger partial charge in [0.15, 0.2) is 0 Å². The van der Waals surface area contributed by atoms with Crippen molar-refractivity contribution in [2.24, 2.45) is 0 Å². The molecule has 1 aromatic rings. The number of hydrogen-bond donors (Lipinski definition) is 3. The molecule has 0 saturated carbocycles. The quantitative estimate of drug-likeness (QED) is 0.725. The number of anilines is 1. The molecule has 0 fully saturated rings. The number of aliphatic hydroxyl groups excluding tert-OH is 1. The van der Waals surface area contributed by atoms with Gasteiger partial charge in [-0.15, -0.1) is 0 Å². The molecule has 0 unspecified atom stereocenters. The summed E-state index contributed by atoms with van der Waals surface area (Å²) >= 11 is 3.26. The Morgan fingerprint density at radius 3 is 2.41 bits per heavy atom. The fraction of sp³-hybridized carbons (Fsp3) is 0.273. The molecule has 0 aliphatic rings. The van der Waals surface area contributed by atoms with Crippen LogP contribution >= 0.6 is 15.9 Å². The van der Waals surface area contributed by atoms with E-state index in [1.165, 1.54) is 6.92 Å². The van der Waals surface area contributed by atoms with E-state index in [1.807, 2.05) is 0 Å². The third kappa shape index (κ3) is 4.97. The predicted molar refractivity (Wildman–Crippen MR) is 67.5 cm³/mol. The summed E-state index contributed by atoms with van der Waals surface area (Å²) in [5.41, 5.74) is 0.533. The molecule has 1 rings (SSSR count). The van der Waals surface area contributed by atoms with Crippen LogP contribution in [0.3, 0.4) is 0 Å². The minimum Gasteiger partial charge on any atom is -0.392 e. The molecular formula is C11H13BrN2O3. The zero-order valence-electron chi connectivity index (χ0n) is 9.24. The smallest absolute Gasteiger partial charge is 0.313 e. The third-order valence-electron chi connectivity index (χ3n) is 1.87. The van der Waals surface area contributed by atoms with Gasteiger partial charge in [-0.05, 0) is 31.2 Å². The summed E-state index contributed by atoms with van der Waals surface area (Å²) in [6.07, 6.45) is -0.681. The summed E-state index contributed by atoms with van der Waals surface area (Å²) < 4.78 is 0.883. The molecule has 1 atom stereocenters. The van der Waals surface area contributed by atoms with E-state index in [0.717, 1.165) is 4.47 Å². The predicted octanol–water partition coefficient (Wildman–Crippen LogP) is 0.885. The van der Waals surface area contributed by atoms with E-state index in [1.54, 1.807) is 24.3 Å². The first-order valence-corrected chi connectivity index (χ1v) is 5.81. The first-order valence-electron chi connectivity index (χ1n) is 5.02. The van der Waals surface area contributed by atoms with Crippen LogP contribution in [0.2, 0.25) is 0 Å². The summed E-state index contributed by atoms with van der Waals surface area (Å²) in [5.74, 6) is -1.53. The van der Waals surface area contributed by atoms with Gasteiger partial charge in [-0.2, -0.15) is 0 Å². The Labute approximate surface area is 107 Å². The van der Waals surface area contributed by atoms with E-state index in [9.17, 15) is 9.59 Å². The highest BCUT2D eigenvalue weighted by molar-refractivity contribution is 9.10. The maximum absolute atomic E-state index is 11.4. The SMILES string of the molecule is C[C@@H](O)CNC(=O)C(=O)Nc1ccc(Br)cc1. The normalized spacial score (nSPS) is 11.7. The van der Waals surface area contributed by atoms with Gasteiger partial charge in [-0.25, -0.2) is 0 Å². The molecule has 0 aliphatic carbocycles. The van der Waals surface area contributed by atoms with Gasteiger partial charge >= 0.3 is 11.8 Å². The number of rotatable bonds is 3. The fourth-order valence-electron chi connectivity index (χ4n) is 1.04. The Kier molecular flexibility index (Phi) is 5.11. The minimum atomic E-state index is -0.770. The van der Waals surface area contributed by atoms with Crippen LogP contribution in [0.15, 0.2) is 28.7 Å². The average Bonchev–Trinajstić information content (AvgIpc) is 2.28. The summed E-state index contributed by atoms with van der Waals surface area (Å²) in [5, 5.41) is 13.7. The third-order valence-corrected chi connectivity index (χ3v) is 2.40. The minimum absolute atomic E-state index is 0.0482. The van der Waals surface area contributed by atoms with Crippen LogP contribution in [0, 0.1) is 0 Å². The van der Waals surface area contributed by atoms with Gasteiger partial charge in [0.2, 0.25) is 0 Å². The van der Waals surface area contributed by atoms with Gasteiger partial charge in [0.25, 0.3) is 0 Å². The Bertz CT molecular complexity index is 404. The van der Waals surface area contributed by atoms with Crippen LogP contribution in [0.4, 0.5) is 5.69 Å². The Morgan fingerprint density at radius 2 is 1.88 bits per heavy atom. The fourth-order valence-corrected chi connectivity index (χ4v) is 1.31. The van der Waals surface area contributed by atoms with E-state index < -0.39 is 17.9 Å². The van der Waals surface area contributed by atoms with Crippen LogP contribution in [0.5, 0.6) is 0 Å². The summed E-state index contributed by atoms with van der Waals surface area (Å²) in [6.45, 7) is 1.57. The monoisotopic (exact) mass is 300 g/mol. The van der Waals surface area contributed by atoms with Crippen LogP contribution in [0.25, 0.3) is 0 Å². The first kappa shape index (κ1) is 13.7. The second-order valence-electron chi connectivity index (χ2n) is 3.52. The van der Waals surface area contributed by atoms with Crippen molar-refractivity contribution in [1.29, 1.82) is 0 Å². The van der Waals surface area contributed by atoms with E-state index >= 15 is 0 Å². The molecule has 17 heavy (non-hydrogen) atoms. The van der Waals surface area contributed by atoms with Crippen LogP contribution < -0.4 is 10.6 Å². The van der Waals surface area contributed by atoms with Gasteiger partial charge in [-0.3, -0.25) is 9.59 Å². The van der Waals surface area contributed by atoms with Crippen molar-refractivity contribution in [3.8, 4) is 0 Å². The average molecular weight is 301 g/mol. The molecule has 2 amide bonds. The van der Waals surface area contributed by atoms with Crippen molar-refractivity contribution in [1.82, 2.24) is 5.32 Å². The zero-order valence-corrected chi connectivity index (χ0v) is 10.8. The molecule has 0 bridgehead atoms. The number of amides is 2. The zero-order chi connectivity index (χ0) is 12.8. The highest BCUT2D eigenvalue weighted by atomic mass is 79.9. The van der Waals surface area contributed by atoms with Crippen molar-refractivity contribution in [3.63, 3.8) is 0 Å². The number of aliphatic hydroxyl groups is 1. The molecule has 0 aliphatic heterocycles. The number of hydrogen-bond acceptors (Lipinski definition) is 3.